The van der Waals surface area contributed by atoms with E-state index in [9.17, 15) is 0 Å². The molecule has 1 rings (SSSR count). The Labute approximate surface area is 61.2 Å². The van der Waals surface area contributed by atoms with E-state index in [0.29, 0.717) is 6.10 Å². The highest BCUT2D eigenvalue weighted by Crippen LogP contribution is 2.29. The van der Waals surface area contributed by atoms with Crippen molar-refractivity contribution >= 4 is 11.8 Å². The molecule has 0 aliphatic heterocycles. The minimum absolute atomic E-state index is 0.558. The number of rotatable bonds is 2. The number of ether oxygens (including phenoxy) is 1. The van der Waals surface area contributed by atoms with E-state index in [0.717, 1.165) is 5.25 Å². The van der Waals surface area contributed by atoms with Gasteiger partial charge in [-0.05, 0) is 25.5 Å². The second kappa shape index (κ2) is 3.47. The van der Waals surface area contributed by atoms with Gasteiger partial charge >= 0.3 is 0 Å². The Hall–Kier alpha value is 0.310. The minimum Gasteiger partial charge on any atom is -0.381 e. The maximum absolute atomic E-state index is 5.23. The van der Waals surface area contributed by atoms with Crippen LogP contribution in [0.4, 0.5) is 0 Å². The first-order chi connectivity index (χ1) is 4.36. The number of methoxy groups -OCH3 is 1. The first-order valence-corrected chi connectivity index (χ1v) is 4.71. The first kappa shape index (κ1) is 7.42. The largest absolute Gasteiger partial charge is 0.381 e. The van der Waals surface area contributed by atoms with Gasteiger partial charge in [-0.25, -0.2) is 0 Å². The van der Waals surface area contributed by atoms with Gasteiger partial charge < -0.3 is 4.74 Å². The van der Waals surface area contributed by atoms with Gasteiger partial charge in [0.2, 0.25) is 0 Å². The van der Waals surface area contributed by atoms with Gasteiger partial charge in [-0.3, -0.25) is 0 Å². The van der Waals surface area contributed by atoms with Gasteiger partial charge in [-0.15, -0.1) is 0 Å². The molecule has 54 valence electrons. The third-order valence-electron chi connectivity index (χ3n) is 2.00. The lowest BCUT2D eigenvalue weighted by Gasteiger charge is -2.05. The molecule has 0 unspecified atom stereocenters. The van der Waals surface area contributed by atoms with Crippen molar-refractivity contribution in [2.75, 3.05) is 13.4 Å². The second-order valence-electron chi connectivity index (χ2n) is 2.53. The van der Waals surface area contributed by atoms with Crippen molar-refractivity contribution < 1.29 is 4.74 Å². The van der Waals surface area contributed by atoms with Crippen LogP contribution in [0.25, 0.3) is 0 Å². The second-order valence-corrected chi connectivity index (χ2v) is 3.67. The Morgan fingerprint density at radius 3 is 2.56 bits per heavy atom. The van der Waals surface area contributed by atoms with Gasteiger partial charge in [0.1, 0.15) is 0 Å². The summed E-state index contributed by atoms with van der Waals surface area (Å²) in [5, 5.41) is 0.870. The Morgan fingerprint density at radius 2 is 2.22 bits per heavy atom. The highest BCUT2D eigenvalue weighted by molar-refractivity contribution is 7.99. The van der Waals surface area contributed by atoms with Crippen LogP contribution in [0.2, 0.25) is 0 Å². The molecule has 1 aliphatic carbocycles. The molecule has 2 atom stereocenters. The van der Waals surface area contributed by atoms with E-state index in [2.05, 4.69) is 6.26 Å². The van der Waals surface area contributed by atoms with Crippen LogP contribution in [0.1, 0.15) is 19.3 Å². The van der Waals surface area contributed by atoms with Crippen molar-refractivity contribution in [2.24, 2.45) is 0 Å². The van der Waals surface area contributed by atoms with Gasteiger partial charge in [0.25, 0.3) is 0 Å². The standard InChI is InChI=1S/C7H14OS/c1-8-6-3-4-7(5-6)9-2/h6-7H,3-5H2,1-2H3/t6-,7+/m1/s1. The first-order valence-electron chi connectivity index (χ1n) is 3.42. The highest BCUT2D eigenvalue weighted by Gasteiger charge is 2.22. The molecule has 1 aliphatic rings. The Balaban J connectivity index is 2.20. The van der Waals surface area contributed by atoms with E-state index in [4.69, 9.17) is 4.74 Å². The molecule has 1 nitrogen and oxygen atoms in total. The molecular weight excluding hydrogens is 132 g/mol. The van der Waals surface area contributed by atoms with Gasteiger partial charge in [0.05, 0.1) is 6.10 Å². The van der Waals surface area contributed by atoms with Crippen LogP contribution in [0.5, 0.6) is 0 Å². The van der Waals surface area contributed by atoms with E-state index < -0.39 is 0 Å². The molecule has 2 heteroatoms. The summed E-state index contributed by atoms with van der Waals surface area (Å²) in [4.78, 5) is 0. The van der Waals surface area contributed by atoms with E-state index in [1.165, 1.54) is 19.3 Å². The maximum atomic E-state index is 5.23. The molecule has 0 radical (unpaired) electrons. The summed E-state index contributed by atoms with van der Waals surface area (Å²) in [6, 6.07) is 0. The summed E-state index contributed by atoms with van der Waals surface area (Å²) in [6.07, 6.45) is 6.62. The lowest BCUT2D eigenvalue weighted by Crippen LogP contribution is -2.04. The van der Waals surface area contributed by atoms with Crippen molar-refractivity contribution in [1.29, 1.82) is 0 Å². The average molecular weight is 146 g/mol. The van der Waals surface area contributed by atoms with Gasteiger partial charge in [-0.1, -0.05) is 0 Å². The minimum atomic E-state index is 0.558. The zero-order chi connectivity index (χ0) is 6.69. The molecular formula is C7H14OS. The Kier molecular flexibility index (Phi) is 2.86. The van der Waals surface area contributed by atoms with Gasteiger partial charge in [0, 0.05) is 12.4 Å². The molecule has 0 aromatic heterocycles. The fraction of sp³-hybridized carbons (Fsp3) is 1.00. The Bertz CT molecular complexity index is 75.0. The number of thioether (sulfide) groups is 1. The molecule has 0 bridgehead atoms. The molecule has 0 aromatic carbocycles. The number of hydrogen-bond donors (Lipinski definition) is 0. The van der Waals surface area contributed by atoms with Crippen molar-refractivity contribution in [2.45, 2.75) is 30.6 Å². The predicted octanol–water partition coefficient (Wildman–Crippen LogP) is 1.92. The summed E-state index contributed by atoms with van der Waals surface area (Å²) in [7, 11) is 1.81. The van der Waals surface area contributed by atoms with E-state index in [1.54, 1.807) is 0 Å². The van der Waals surface area contributed by atoms with Crippen molar-refractivity contribution in [1.82, 2.24) is 0 Å². The highest BCUT2D eigenvalue weighted by atomic mass is 32.2. The van der Waals surface area contributed by atoms with Crippen LogP contribution >= 0.6 is 11.8 Å². The van der Waals surface area contributed by atoms with Crippen molar-refractivity contribution in [3.8, 4) is 0 Å². The maximum Gasteiger partial charge on any atom is 0.0582 e. The van der Waals surface area contributed by atoms with Crippen LogP contribution in [0, 0.1) is 0 Å². The molecule has 1 fully saturated rings. The number of hydrogen-bond acceptors (Lipinski definition) is 2. The average Bonchev–Trinajstić information content (AvgIpc) is 2.34. The SMILES string of the molecule is CO[C@@H]1CC[C@H](SC)C1. The van der Waals surface area contributed by atoms with Crippen LogP contribution in [0.3, 0.4) is 0 Å². The fourth-order valence-electron chi connectivity index (χ4n) is 1.33. The lowest BCUT2D eigenvalue weighted by atomic mass is 10.3. The molecule has 0 saturated heterocycles. The van der Waals surface area contributed by atoms with Crippen LogP contribution in [-0.4, -0.2) is 24.7 Å². The molecule has 9 heavy (non-hydrogen) atoms. The summed E-state index contributed by atoms with van der Waals surface area (Å²) < 4.78 is 5.23. The van der Waals surface area contributed by atoms with E-state index in [1.807, 2.05) is 18.9 Å². The smallest absolute Gasteiger partial charge is 0.0582 e. The van der Waals surface area contributed by atoms with Gasteiger partial charge in [-0.2, -0.15) is 11.8 Å². The topological polar surface area (TPSA) is 9.23 Å². The van der Waals surface area contributed by atoms with Crippen LogP contribution in [-0.2, 0) is 4.74 Å². The molecule has 0 spiro atoms. The third kappa shape index (κ3) is 1.87. The quantitative estimate of drug-likeness (QED) is 0.588. The molecule has 1 saturated carbocycles. The summed E-state index contributed by atoms with van der Waals surface area (Å²) >= 11 is 1.97. The molecule has 0 aromatic rings. The summed E-state index contributed by atoms with van der Waals surface area (Å²) in [6.45, 7) is 0. The molecule has 0 amide bonds. The summed E-state index contributed by atoms with van der Waals surface area (Å²) in [5.41, 5.74) is 0. The molecule has 0 N–H and O–H groups in total. The fourth-order valence-corrected chi connectivity index (χ4v) is 2.11. The van der Waals surface area contributed by atoms with Crippen molar-refractivity contribution in [3.63, 3.8) is 0 Å². The van der Waals surface area contributed by atoms with E-state index >= 15 is 0 Å². The monoisotopic (exact) mass is 146 g/mol. The zero-order valence-corrected chi connectivity index (χ0v) is 6.91. The third-order valence-corrected chi connectivity index (χ3v) is 3.10. The van der Waals surface area contributed by atoms with Crippen molar-refractivity contribution in [3.05, 3.63) is 0 Å². The van der Waals surface area contributed by atoms with Crippen LogP contribution < -0.4 is 0 Å². The van der Waals surface area contributed by atoms with Crippen LogP contribution in [0.15, 0.2) is 0 Å². The predicted molar refractivity (Wildman–Crippen MR) is 42.0 cm³/mol. The summed E-state index contributed by atoms with van der Waals surface area (Å²) in [5.74, 6) is 0. The zero-order valence-electron chi connectivity index (χ0n) is 6.09. The molecule has 0 heterocycles. The normalized spacial score (nSPS) is 35.3. The Morgan fingerprint density at radius 1 is 1.44 bits per heavy atom. The van der Waals surface area contributed by atoms with E-state index in [-0.39, 0.29) is 0 Å². The van der Waals surface area contributed by atoms with Gasteiger partial charge in [0.15, 0.2) is 0 Å². The lowest BCUT2D eigenvalue weighted by molar-refractivity contribution is 0.109.